The highest BCUT2D eigenvalue weighted by Crippen LogP contribution is 2.36. The minimum Gasteiger partial charge on any atom is -0.307 e. The number of benzene rings is 8. The van der Waals surface area contributed by atoms with Crippen LogP contribution in [0.5, 0.6) is 0 Å². The van der Waals surface area contributed by atoms with Crippen LogP contribution in [0.4, 0.5) is 64.3 Å². The first-order valence-electron chi connectivity index (χ1n) is 34.7. The molecule has 0 atom stereocenters. The van der Waals surface area contributed by atoms with Crippen molar-refractivity contribution in [1.82, 2.24) is 0 Å². The number of carbonyl (C=O) groups is 10. The number of unbranched alkanes of at least 4 members (excludes halogenated alkanes) is 12. The Kier molecular flexibility index (Phi) is 28.1. The minimum atomic E-state index is -0.470. The normalized spacial score (nSPS) is 13.4. The molecule has 5 aliphatic heterocycles. The van der Waals surface area contributed by atoms with Gasteiger partial charge in [-0.2, -0.15) is 0 Å². The molecule has 0 aliphatic carbocycles. The van der Waals surface area contributed by atoms with Gasteiger partial charge in [-0.3, -0.25) is 33.6 Å². The predicted octanol–water partition coefficient (Wildman–Crippen LogP) is 18.5. The Balaban J connectivity index is 0.000000148. The number of halogens is 3. The van der Waals surface area contributed by atoms with Crippen molar-refractivity contribution >= 4 is 132 Å². The lowest BCUT2D eigenvalue weighted by Crippen LogP contribution is -2.37. The summed E-state index contributed by atoms with van der Waals surface area (Å²) in [6.45, 7) is 4.40. The zero-order valence-corrected chi connectivity index (χ0v) is 59.6. The number of imide groups is 5. The number of urea groups is 3. The fraction of sp³-hybridized carbons (Fsp3) is 0.284. The van der Waals surface area contributed by atoms with Gasteiger partial charge in [0.15, 0.2) is 0 Å². The highest BCUT2D eigenvalue weighted by atomic mass is 79.9. The second kappa shape index (κ2) is 37.8. The number of hydrogen-bond donors (Lipinski definition) is 3. The second-order valence-corrected chi connectivity index (χ2v) is 26.4. The summed E-state index contributed by atoms with van der Waals surface area (Å²) in [7, 11) is 0. The number of anilines is 8. The number of nitrogens with one attached hydrogen (secondary N) is 3. The Morgan fingerprint density at radius 3 is 1.12 bits per heavy atom. The molecule has 0 radical (unpaired) electrons. The second-order valence-electron chi connectivity index (χ2n) is 25.0. The summed E-state index contributed by atoms with van der Waals surface area (Å²) in [6, 6.07) is 55.5. The molecule has 0 saturated carbocycles. The smallest absolute Gasteiger partial charge is 0.307 e. The molecule has 0 spiro atoms. The van der Waals surface area contributed by atoms with Crippen LogP contribution in [-0.2, 0) is 65.7 Å². The van der Waals surface area contributed by atoms with Crippen LogP contribution in [0.3, 0.4) is 0 Å². The molecule has 8 aromatic carbocycles. The maximum Gasteiger partial charge on any atom is 0.333 e. The van der Waals surface area contributed by atoms with E-state index in [9.17, 15) is 52.3 Å². The van der Waals surface area contributed by atoms with Crippen molar-refractivity contribution in [2.75, 3.05) is 40.4 Å². The van der Waals surface area contributed by atoms with Gasteiger partial charge >= 0.3 is 18.1 Å². The zero-order valence-electron chi connectivity index (χ0n) is 57.3. The van der Waals surface area contributed by atoms with E-state index in [4.69, 9.17) is 11.6 Å². The Morgan fingerprint density at radius 1 is 0.353 bits per heavy atom. The van der Waals surface area contributed by atoms with Crippen LogP contribution in [0.1, 0.15) is 144 Å². The van der Waals surface area contributed by atoms with E-state index in [1.807, 2.05) is 109 Å². The molecule has 3 N–H and O–H groups in total. The van der Waals surface area contributed by atoms with Gasteiger partial charge in [0.05, 0.1) is 60.5 Å². The van der Waals surface area contributed by atoms with E-state index in [2.05, 4.69) is 45.7 Å². The number of nitrogens with zero attached hydrogens (tertiary/aromatic N) is 5. The molecule has 13 amide bonds. The van der Waals surface area contributed by atoms with Gasteiger partial charge in [-0.15, -0.1) is 0 Å². The van der Waals surface area contributed by atoms with E-state index < -0.39 is 18.1 Å². The molecule has 21 heteroatoms. The van der Waals surface area contributed by atoms with Gasteiger partial charge in [-0.25, -0.2) is 43.3 Å². The molecule has 18 nitrogen and oxygen atoms in total. The van der Waals surface area contributed by atoms with E-state index in [-0.39, 0.29) is 72.9 Å². The SMILES string of the molecule is CCCCCCCCCC(=O)N1C(=O)Cc2cc(F)ccc21.CCCCCCCCCC(=O)N1C(=O)Cc2ccccc21.O=C1Cc2cc(Br)ccc2N1C(=O)Nc1ccccc1.O=C1Cc2ccc(Cl)cc2N1C(=O)Nc1ccccc1.O=C1Cc2ccccc2N1C(=O)Nc1ccccc1. The summed E-state index contributed by atoms with van der Waals surface area (Å²) in [6.07, 6.45) is 18.3. The lowest BCUT2D eigenvalue weighted by Gasteiger charge is -2.16. The van der Waals surface area contributed by atoms with Crippen molar-refractivity contribution in [3.8, 4) is 0 Å². The molecule has 0 unspecified atom stereocenters. The van der Waals surface area contributed by atoms with Crippen molar-refractivity contribution in [2.45, 2.75) is 149 Å². The molecular weight excluding hydrogens is 1380 g/mol. The summed E-state index contributed by atoms with van der Waals surface area (Å²) < 4.78 is 14.1. The van der Waals surface area contributed by atoms with Gasteiger partial charge < -0.3 is 16.0 Å². The molecule has 13 rings (SSSR count). The molecule has 0 saturated heterocycles. The maximum absolute atomic E-state index is 13.2. The molecule has 0 bridgehead atoms. The number of hydrogen-bond acceptors (Lipinski definition) is 10. The summed E-state index contributed by atoms with van der Waals surface area (Å²) in [5.74, 6) is -1.56. The Labute approximate surface area is 607 Å². The number of carbonyl (C=O) groups excluding carboxylic acids is 10. The molecule has 5 aliphatic rings. The summed E-state index contributed by atoms with van der Waals surface area (Å²) >= 11 is 9.30. The molecule has 5 heterocycles. The number of amides is 13. The molecule has 0 fully saturated rings. The van der Waals surface area contributed by atoms with Crippen LogP contribution in [-0.4, -0.2) is 59.4 Å². The highest BCUT2D eigenvalue weighted by Gasteiger charge is 2.37. The van der Waals surface area contributed by atoms with Gasteiger partial charge in [0.25, 0.3) is 0 Å². The van der Waals surface area contributed by atoms with Gasteiger partial charge in [0.2, 0.25) is 41.4 Å². The predicted molar refractivity (Wildman–Crippen MR) is 402 cm³/mol. The lowest BCUT2D eigenvalue weighted by molar-refractivity contribution is -0.127. The number of rotatable bonds is 19. The van der Waals surface area contributed by atoms with Gasteiger partial charge in [0.1, 0.15) is 5.82 Å². The van der Waals surface area contributed by atoms with Crippen LogP contribution in [0.15, 0.2) is 199 Å². The van der Waals surface area contributed by atoms with Crippen molar-refractivity contribution in [3.63, 3.8) is 0 Å². The first-order valence-corrected chi connectivity index (χ1v) is 35.9. The third-order valence-corrected chi connectivity index (χ3v) is 18.2. The zero-order chi connectivity index (χ0) is 72.5. The Morgan fingerprint density at radius 2 is 0.676 bits per heavy atom. The largest absolute Gasteiger partial charge is 0.333 e. The van der Waals surface area contributed by atoms with E-state index in [1.54, 1.807) is 66.7 Å². The molecular formula is C81H83BrClFN8O10. The summed E-state index contributed by atoms with van der Waals surface area (Å²) in [5.41, 5.74) is 9.30. The molecule has 102 heavy (non-hydrogen) atoms. The first kappa shape index (κ1) is 75.8. The number of para-hydroxylation sites is 5. The fourth-order valence-corrected chi connectivity index (χ4v) is 12.9. The molecule has 528 valence electrons. The van der Waals surface area contributed by atoms with E-state index in [0.717, 1.165) is 69.4 Å². The average molecular weight is 1460 g/mol. The van der Waals surface area contributed by atoms with Crippen molar-refractivity contribution in [3.05, 3.63) is 237 Å². The summed E-state index contributed by atoms with van der Waals surface area (Å²) in [4.78, 5) is 127. The van der Waals surface area contributed by atoms with Crippen LogP contribution in [0.25, 0.3) is 0 Å². The third-order valence-electron chi connectivity index (χ3n) is 17.4. The van der Waals surface area contributed by atoms with Crippen LogP contribution < -0.4 is 40.4 Å². The standard InChI is InChI=1S/C18H24FNO2.C18H25NO2.C15H11BrN2O2.C15H11ClN2O2.C15H12N2O2/c1-2-3-4-5-6-7-8-9-17(21)20-16-11-10-15(19)12-14(16)13-18(20)22;1-2-3-4-5-6-7-8-13-17(20)19-16-12-10-9-11-15(16)14-18(19)21;16-11-6-7-13-10(8-11)9-14(19)18(13)15(20)17-12-4-2-1-3-5-12;16-11-7-6-10-8-14(19)18(13(10)9-11)15(20)17-12-4-2-1-3-5-12;18-14-10-11-6-4-5-9-13(11)17(14)15(19)16-12-7-2-1-3-8-12/h10-12H,2-9,13H2,1H3;9-12H,2-8,13-14H2,1H3;1-8H,9H2,(H,17,20);1-7,9H,8H2,(H,17,20);1-9H,10H2,(H,16,19). The topological polar surface area (TPSA) is 223 Å². The molecule has 0 aromatic heterocycles. The lowest BCUT2D eigenvalue weighted by atomic mass is 10.1. The minimum absolute atomic E-state index is 0.0430. The Bertz CT molecular complexity index is 4310. The van der Waals surface area contributed by atoms with E-state index in [1.165, 1.54) is 95.6 Å². The van der Waals surface area contributed by atoms with E-state index >= 15 is 0 Å². The van der Waals surface area contributed by atoms with Gasteiger partial charge in [-0.05, 0) is 138 Å². The average Bonchev–Trinajstić information content (AvgIpc) is 1.70. The van der Waals surface area contributed by atoms with Crippen molar-refractivity contribution in [2.24, 2.45) is 0 Å². The number of fused-ring (bicyclic) bond motifs is 5. The Hall–Kier alpha value is -10.4. The monoisotopic (exact) mass is 1460 g/mol. The quantitative estimate of drug-likeness (QED) is 0.0650. The van der Waals surface area contributed by atoms with Crippen LogP contribution in [0, 0.1) is 5.82 Å². The summed E-state index contributed by atoms with van der Waals surface area (Å²) in [5, 5.41) is 8.64. The van der Waals surface area contributed by atoms with Gasteiger partial charge in [-0.1, -0.05) is 215 Å². The van der Waals surface area contributed by atoms with Crippen LogP contribution in [0.2, 0.25) is 5.02 Å². The van der Waals surface area contributed by atoms with Crippen molar-refractivity contribution < 1.29 is 52.3 Å². The highest BCUT2D eigenvalue weighted by molar-refractivity contribution is 9.10. The van der Waals surface area contributed by atoms with Crippen LogP contribution >= 0.6 is 27.5 Å². The van der Waals surface area contributed by atoms with Gasteiger partial charge in [0, 0.05) is 39.4 Å². The fourth-order valence-electron chi connectivity index (χ4n) is 12.4. The van der Waals surface area contributed by atoms with E-state index in [0.29, 0.717) is 69.7 Å². The first-order chi connectivity index (χ1) is 49.4. The third kappa shape index (κ3) is 20.6. The van der Waals surface area contributed by atoms with Crippen molar-refractivity contribution in [1.29, 1.82) is 0 Å². The maximum atomic E-state index is 13.2. The molecule has 8 aromatic rings.